The van der Waals surface area contributed by atoms with Crippen LogP contribution in [0.15, 0.2) is 60.4 Å². The van der Waals surface area contributed by atoms with Crippen molar-refractivity contribution in [3.05, 3.63) is 77.0 Å². The van der Waals surface area contributed by atoms with E-state index in [1.54, 1.807) is 6.08 Å². The molecule has 1 aliphatic heterocycles. The van der Waals surface area contributed by atoms with Crippen LogP contribution in [-0.2, 0) is 16.0 Å². The minimum Gasteiger partial charge on any atom is -0.462 e. The molecule has 0 saturated carbocycles. The molecule has 2 aromatic carbocycles. The molecule has 1 unspecified atom stereocenters. The molecule has 1 fully saturated rings. The Labute approximate surface area is 151 Å². The monoisotopic (exact) mass is 361 g/mol. The number of alkyl halides is 2. The molecule has 1 saturated heterocycles. The summed E-state index contributed by atoms with van der Waals surface area (Å²) in [6.45, 7) is 2.00. The minimum absolute atomic E-state index is 0.211. The summed E-state index contributed by atoms with van der Waals surface area (Å²) >= 11 is 12.9. The van der Waals surface area contributed by atoms with Crippen LogP contribution in [0.5, 0.6) is 0 Å². The average Bonchev–Trinajstić information content (AvgIpc) is 2.92. The fourth-order valence-corrected chi connectivity index (χ4v) is 2.97. The quantitative estimate of drug-likeness (QED) is 0.653. The summed E-state index contributed by atoms with van der Waals surface area (Å²) in [6.07, 6.45) is 1.24. The second-order valence-corrected chi connectivity index (χ2v) is 7.36. The second kappa shape index (κ2) is 6.88. The number of aryl methyl sites for hydroxylation is 1. The Balaban J connectivity index is 1.75. The van der Waals surface area contributed by atoms with Crippen molar-refractivity contribution in [3.63, 3.8) is 0 Å². The molecule has 0 spiro atoms. The highest BCUT2D eigenvalue weighted by molar-refractivity contribution is 6.49. The van der Waals surface area contributed by atoms with E-state index in [0.29, 0.717) is 6.42 Å². The van der Waals surface area contributed by atoms with Crippen molar-refractivity contribution in [2.24, 2.45) is 0 Å². The van der Waals surface area contributed by atoms with Crippen LogP contribution in [0.3, 0.4) is 0 Å². The number of benzene rings is 2. The van der Waals surface area contributed by atoms with Gasteiger partial charge in [0.05, 0.1) is 0 Å². The lowest BCUT2D eigenvalue weighted by atomic mass is 10.1. The van der Waals surface area contributed by atoms with E-state index in [4.69, 9.17) is 27.9 Å². The lowest BCUT2D eigenvalue weighted by Gasteiger charge is -2.25. The zero-order valence-corrected chi connectivity index (χ0v) is 14.6. The highest BCUT2D eigenvalue weighted by Crippen LogP contribution is 2.34. The molecule has 1 aliphatic rings. The van der Waals surface area contributed by atoms with E-state index in [-0.39, 0.29) is 11.7 Å². The van der Waals surface area contributed by atoms with Crippen LogP contribution in [0, 0.1) is 6.92 Å². The largest absolute Gasteiger partial charge is 0.462 e. The molecule has 0 aliphatic carbocycles. The molecular formula is C19H17Cl2NO2. The molecule has 2 aromatic rings. The van der Waals surface area contributed by atoms with Gasteiger partial charge in [0.2, 0.25) is 6.23 Å². The van der Waals surface area contributed by atoms with Crippen LogP contribution in [0.2, 0.25) is 0 Å². The van der Waals surface area contributed by atoms with Crippen molar-refractivity contribution in [3.8, 4) is 0 Å². The van der Waals surface area contributed by atoms with Gasteiger partial charge in [-0.3, -0.25) is 4.79 Å². The van der Waals surface area contributed by atoms with E-state index in [9.17, 15) is 4.79 Å². The molecule has 1 atom stereocenters. The van der Waals surface area contributed by atoms with E-state index in [2.05, 4.69) is 5.32 Å². The standard InChI is InChI=1S/C19H17Cl2NO2/c1-13-7-9-14(10-8-13)11-16-17(23)22-18(24-16)19(20,21)12-15-5-3-2-4-6-15/h2-11,18H,12H2,1H3,(H,22,23)/b16-11-. The molecule has 5 heteroatoms. The molecule has 3 nitrogen and oxygen atoms in total. The van der Waals surface area contributed by atoms with Crippen molar-refractivity contribution in [1.29, 1.82) is 0 Å². The SMILES string of the molecule is Cc1ccc(/C=C2\OC(C(Cl)(Cl)Cc3ccccc3)NC2=O)cc1. The van der Waals surface area contributed by atoms with Crippen molar-refractivity contribution >= 4 is 35.2 Å². The average molecular weight is 362 g/mol. The maximum absolute atomic E-state index is 12.1. The molecule has 124 valence electrons. The molecule has 1 amide bonds. The Morgan fingerprint density at radius 1 is 1.12 bits per heavy atom. The first-order chi connectivity index (χ1) is 11.4. The number of hydrogen-bond donors (Lipinski definition) is 1. The first-order valence-electron chi connectivity index (χ1n) is 7.62. The third kappa shape index (κ3) is 3.92. The number of amides is 1. The van der Waals surface area contributed by atoms with Gasteiger partial charge in [0.25, 0.3) is 5.91 Å². The summed E-state index contributed by atoms with van der Waals surface area (Å²) in [7, 11) is 0. The number of ether oxygens (including phenoxy) is 1. The number of carbonyl (C=O) groups excluding carboxylic acids is 1. The Kier molecular flexibility index (Phi) is 4.83. The second-order valence-electron chi connectivity index (χ2n) is 5.81. The fourth-order valence-electron chi connectivity index (χ4n) is 2.47. The molecule has 1 N–H and O–H groups in total. The van der Waals surface area contributed by atoms with Crippen LogP contribution in [0.25, 0.3) is 6.08 Å². The smallest absolute Gasteiger partial charge is 0.289 e. The van der Waals surface area contributed by atoms with Crippen molar-refractivity contribution < 1.29 is 9.53 Å². The molecule has 0 radical (unpaired) electrons. The first-order valence-corrected chi connectivity index (χ1v) is 8.37. The summed E-state index contributed by atoms with van der Waals surface area (Å²) in [4.78, 5) is 12.1. The van der Waals surface area contributed by atoms with Gasteiger partial charge in [0, 0.05) is 6.42 Å². The van der Waals surface area contributed by atoms with Gasteiger partial charge < -0.3 is 10.1 Å². The van der Waals surface area contributed by atoms with Gasteiger partial charge in [0.1, 0.15) is 0 Å². The number of carbonyl (C=O) groups is 1. The van der Waals surface area contributed by atoms with Gasteiger partial charge >= 0.3 is 0 Å². The maximum Gasteiger partial charge on any atom is 0.289 e. The van der Waals surface area contributed by atoms with E-state index >= 15 is 0 Å². The third-order valence-electron chi connectivity index (χ3n) is 3.77. The molecule has 0 bridgehead atoms. The Bertz CT molecular complexity index is 755. The Morgan fingerprint density at radius 2 is 1.79 bits per heavy atom. The molecule has 0 aromatic heterocycles. The third-order valence-corrected chi connectivity index (χ3v) is 4.44. The van der Waals surface area contributed by atoms with Crippen molar-refractivity contribution in [1.82, 2.24) is 5.32 Å². The van der Waals surface area contributed by atoms with Crippen LogP contribution in [0.4, 0.5) is 0 Å². The highest BCUT2D eigenvalue weighted by Gasteiger charge is 2.43. The molecular weight excluding hydrogens is 345 g/mol. The normalized spacial score (nSPS) is 19.2. The van der Waals surface area contributed by atoms with Crippen LogP contribution >= 0.6 is 23.2 Å². The predicted octanol–water partition coefficient (Wildman–Crippen LogP) is 4.23. The van der Waals surface area contributed by atoms with Gasteiger partial charge in [-0.05, 0) is 24.1 Å². The van der Waals surface area contributed by atoms with Gasteiger partial charge in [-0.15, -0.1) is 0 Å². The van der Waals surface area contributed by atoms with E-state index in [1.165, 1.54) is 0 Å². The van der Waals surface area contributed by atoms with Crippen molar-refractivity contribution in [2.75, 3.05) is 0 Å². The van der Waals surface area contributed by atoms with E-state index in [0.717, 1.165) is 16.7 Å². The number of nitrogens with one attached hydrogen (secondary N) is 1. The van der Waals surface area contributed by atoms with Crippen LogP contribution in [0.1, 0.15) is 16.7 Å². The topological polar surface area (TPSA) is 38.3 Å². The van der Waals surface area contributed by atoms with Crippen LogP contribution < -0.4 is 5.32 Å². The number of halogens is 2. The van der Waals surface area contributed by atoms with E-state index in [1.807, 2.05) is 61.5 Å². The van der Waals surface area contributed by atoms with Gasteiger partial charge in [0.15, 0.2) is 10.1 Å². The lowest BCUT2D eigenvalue weighted by Crippen LogP contribution is -2.42. The first kappa shape index (κ1) is 16.9. The van der Waals surface area contributed by atoms with Gasteiger partial charge in [-0.25, -0.2) is 0 Å². The van der Waals surface area contributed by atoms with E-state index < -0.39 is 10.6 Å². The Hall–Kier alpha value is -1.97. The molecule has 1 heterocycles. The number of hydrogen-bond acceptors (Lipinski definition) is 2. The highest BCUT2D eigenvalue weighted by atomic mass is 35.5. The van der Waals surface area contributed by atoms with Gasteiger partial charge in [-0.1, -0.05) is 83.4 Å². The minimum atomic E-state index is -1.26. The van der Waals surface area contributed by atoms with Crippen LogP contribution in [-0.4, -0.2) is 16.5 Å². The summed E-state index contributed by atoms with van der Waals surface area (Å²) in [5.74, 6) is -0.109. The lowest BCUT2D eigenvalue weighted by molar-refractivity contribution is -0.116. The molecule has 3 rings (SSSR count). The maximum atomic E-state index is 12.1. The van der Waals surface area contributed by atoms with Crippen molar-refractivity contribution in [2.45, 2.75) is 23.9 Å². The number of rotatable bonds is 4. The zero-order valence-electron chi connectivity index (χ0n) is 13.1. The molecule has 24 heavy (non-hydrogen) atoms. The van der Waals surface area contributed by atoms with Gasteiger partial charge in [-0.2, -0.15) is 0 Å². The summed E-state index contributed by atoms with van der Waals surface area (Å²) in [5, 5.41) is 2.70. The zero-order chi connectivity index (χ0) is 17.2. The summed E-state index contributed by atoms with van der Waals surface area (Å²) in [6, 6.07) is 17.4. The Morgan fingerprint density at radius 3 is 2.46 bits per heavy atom. The fraction of sp³-hybridized carbons (Fsp3) is 0.211. The summed E-state index contributed by atoms with van der Waals surface area (Å²) in [5.41, 5.74) is 3.00. The predicted molar refractivity (Wildman–Crippen MR) is 96.8 cm³/mol. The summed E-state index contributed by atoms with van der Waals surface area (Å²) < 4.78 is 4.42.